The molecule has 158 valence electrons. The first-order valence-corrected chi connectivity index (χ1v) is 12.5. The maximum absolute atomic E-state index is 13.2. The van der Waals surface area contributed by atoms with Crippen LogP contribution in [-0.4, -0.2) is 16.9 Å². The first-order valence-electron chi connectivity index (χ1n) is 12.5. The zero-order valence-corrected chi connectivity index (χ0v) is 16.9. The molecule has 0 saturated heterocycles. The summed E-state index contributed by atoms with van der Waals surface area (Å²) in [6, 6.07) is 0. The van der Waals surface area contributed by atoms with Crippen LogP contribution >= 0.6 is 0 Å². The van der Waals surface area contributed by atoms with Crippen LogP contribution in [0.15, 0.2) is 0 Å². The topological polar surface area (TPSA) is 20.2 Å². The van der Waals surface area contributed by atoms with E-state index in [1.165, 1.54) is 12.8 Å². The van der Waals surface area contributed by atoms with Crippen LogP contribution in [0.5, 0.6) is 0 Å². The third-order valence-corrected chi connectivity index (χ3v) is 13.6. The van der Waals surface area contributed by atoms with Gasteiger partial charge < -0.3 is 5.11 Å². The van der Waals surface area contributed by atoms with Crippen molar-refractivity contribution in [2.24, 2.45) is 75.4 Å². The van der Waals surface area contributed by atoms with Gasteiger partial charge in [0.2, 0.25) is 0 Å². The molecule has 13 saturated carbocycles. The predicted molar refractivity (Wildman–Crippen MR) is 99.4 cm³/mol. The standard InChI is InChI=1S/C25H31F3O/c26-25(27,28)2-1-21-3-13-11-8-24-10-22(29)5-15-12-7-23(9-21,17(13)19(15)24)18(14(11)4-21)20(24)16(12)6-22/h11-20,29H,1-10H2. The highest BCUT2D eigenvalue weighted by atomic mass is 19.4. The van der Waals surface area contributed by atoms with E-state index in [0.29, 0.717) is 17.3 Å². The van der Waals surface area contributed by atoms with Crippen molar-refractivity contribution in [2.45, 2.75) is 76.0 Å². The number of hydrogen-bond donors (Lipinski definition) is 1. The summed E-state index contributed by atoms with van der Waals surface area (Å²) < 4.78 is 39.6. The molecule has 0 heterocycles. The molecule has 0 aliphatic heterocycles. The molecule has 13 fully saturated rings. The van der Waals surface area contributed by atoms with Crippen LogP contribution in [0.1, 0.15) is 64.2 Å². The monoisotopic (exact) mass is 404 g/mol. The Labute approximate surface area is 170 Å². The van der Waals surface area contributed by atoms with Crippen LogP contribution < -0.4 is 0 Å². The molecule has 1 nitrogen and oxygen atoms in total. The average molecular weight is 405 g/mol. The summed E-state index contributed by atoms with van der Waals surface area (Å²) in [5.41, 5.74) is 0.509. The Balaban J connectivity index is 1.22. The van der Waals surface area contributed by atoms with E-state index < -0.39 is 12.6 Å². The van der Waals surface area contributed by atoms with E-state index in [0.717, 1.165) is 97.7 Å². The number of hydrogen-bond acceptors (Lipinski definition) is 1. The van der Waals surface area contributed by atoms with Crippen molar-refractivity contribution in [3.8, 4) is 0 Å². The van der Waals surface area contributed by atoms with Gasteiger partial charge in [-0.1, -0.05) is 0 Å². The normalized spacial score (nSPS) is 73.2. The molecule has 0 amide bonds. The minimum absolute atomic E-state index is 0.0139. The van der Waals surface area contributed by atoms with Crippen LogP contribution in [0.3, 0.4) is 0 Å². The van der Waals surface area contributed by atoms with Gasteiger partial charge in [-0.2, -0.15) is 13.2 Å². The fraction of sp³-hybridized carbons (Fsp3) is 1.00. The molecular weight excluding hydrogens is 373 g/mol. The van der Waals surface area contributed by atoms with E-state index >= 15 is 0 Å². The highest BCUT2D eigenvalue weighted by Crippen LogP contribution is 2.94. The van der Waals surface area contributed by atoms with Gasteiger partial charge in [0.1, 0.15) is 0 Å². The van der Waals surface area contributed by atoms with Gasteiger partial charge in [-0.15, -0.1) is 0 Å². The summed E-state index contributed by atoms with van der Waals surface area (Å²) in [5.74, 6) is 7.88. The van der Waals surface area contributed by atoms with Gasteiger partial charge in [0.25, 0.3) is 0 Å². The maximum atomic E-state index is 13.2. The molecule has 0 aromatic heterocycles. The van der Waals surface area contributed by atoms with E-state index in [-0.39, 0.29) is 11.0 Å². The molecular formula is C25H31F3O. The number of aliphatic hydroxyl groups is 1. The van der Waals surface area contributed by atoms with Crippen LogP contribution in [0.25, 0.3) is 0 Å². The van der Waals surface area contributed by atoms with Crippen molar-refractivity contribution in [1.29, 1.82) is 0 Å². The highest BCUT2D eigenvalue weighted by Gasteiger charge is 2.89. The van der Waals surface area contributed by atoms with Crippen molar-refractivity contribution in [2.75, 3.05) is 0 Å². The molecule has 13 rings (SSSR count). The van der Waals surface area contributed by atoms with Gasteiger partial charge in [0.15, 0.2) is 0 Å². The molecule has 2 spiro atoms. The van der Waals surface area contributed by atoms with E-state index in [9.17, 15) is 18.3 Å². The summed E-state index contributed by atoms with van der Waals surface area (Å²) in [4.78, 5) is 0. The summed E-state index contributed by atoms with van der Waals surface area (Å²) in [7, 11) is 0. The lowest BCUT2D eigenvalue weighted by molar-refractivity contribution is -0.452. The minimum Gasteiger partial charge on any atom is -0.390 e. The lowest BCUT2D eigenvalue weighted by Crippen LogP contribution is -2.88. The summed E-state index contributed by atoms with van der Waals surface area (Å²) in [6.07, 6.45) is 5.13. The van der Waals surface area contributed by atoms with Crippen molar-refractivity contribution < 1.29 is 18.3 Å². The minimum atomic E-state index is -4.00. The Morgan fingerprint density at radius 3 is 1.66 bits per heavy atom. The fourth-order valence-electron chi connectivity index (χ4n) is 14.4. The van der Waals surface area contributed by atoms with Crippen molar-refractivity contribution in [1.82, 2.24) is 0 Å². The second kappa shape index (κ2) is 4.08. The molecule has 14 bridgehead atoms. The number of alkyl halides is 3. The lowest BCUT2D eigenvalue weighted by atomic mass is 9.12. The highest BCUT2D eigenvalue weighted by molar-refractivity contribution is 5.37. The predicted octanol–water partition coefficient (Wildman–Crippen LogP) is 5.42. The maximum Gasteiger partial charge on any atom is 0.389 e. The van der Waals surface area contributed by atoms with E-state index in [1.54, 1.807) is 0 Å². The molecule has 8 atom stereocenters. The molecule has 0 aromatic rings. The molecule has 4 heteroatoms. The van der Waals surface area contributed by atoms with Crippen LogP contribution in [-0.2, 0) is 0 Å². The second-order valence-electron chi connectivity index (χ2n) is 14.0. The molecule has 0 radical (unpaired) electrons. The zero-order valence-electron chi connectivity index (χ0n) is 16.9. The van der Waals surface area contributed by atoms with Gasteiger partial charge in [-0.05, 0) is 133 Å². The van der Waals surface area contributed by atoms with Crippen LogP contribution in [0.2, 0.25) is 0 Å². The van der Waals surface area contributed by atoms with Gasteiger partial charge in [-0.25, -0.2) is 0 Å². The van der Waals surface area contributed by atoms with Gasteiger partial charge in [0, 0.05) is 6.42 Å². The molecule has 8 unspecified atom stereocenters. The molecule has 1 N–H and O–H groups in total. The molecule has 13 aliphatic rings. The third-order valence-electron chi connectivity index (χ3n) is 13.6. The van der Waals surface area contributed by atoms with Gasteiger partial charge in [-0.3, -0.25) is 0 Å². The number of rotatable bonds is 2. The Morgan fingerprint density at radius 1 is 0.655 bits per heavy atom. The van der Waals surface area contributed by atoms with Crippen molar-refractivity contribution >= 4 is 0 Å². The SMILES string of the molecule is OC12CC3C4CC56CC7(CCC(F)(F)F)CC8C9CC(C1)(C3C85)C(C4C2)C6C9C7. The van der Waals surface area contributed by atoms with Crippen molar-refractivity contribution in [3.63, 3.8) is 0 Å². The van der Waals surface area contributed by atoms with E-state index in [2.05, 4.69) is 0 Å². The Bertz CT molecular complexity index is 821. The summed E-state index contributed by atoms with van der Waals surface area (Å²) in [6.45, 7) is 0. The van der Waals surface area contributed by atoms with Crippen LogP contribution in [0.4, 0.5) is 13.2 Å². The van der Waals surface area contributed by atoms with E-state index in [4.69, 9.17) is 0 Å². The third kappa shape index (κ3) is 1.45. The largest absolute Gasteiger partial charge is 0.390 e. The fourth-order valence-corrected chi connectivity index (χ4v) is 14.4. The first kappa shape index (κ1) is 16.4. The summed E-state index contributed by atoms with van der Waals surface area (Å²) in [5, 5.41) is 11.5. The van der Waals surface area contributed by atoms with E-state index in [1.807, 2.05) is 0 Å². The lowest BCUT2D eigenvalue weighted by Gasteiger charge is -2.92. The first-order chi connectivity index (χ1) is 13.7. The van der Waals surface area contributed by atoms with Gasteiger partial charge in [0.05, 0.1) is 5.60 Å². The zero-order chi connectivity index (χ0) is 19.3. The molecule has 29 heavy (non-hydrogen) atoms. The Hall–Kier alpha value is -0.250. The molecule has 13 aliphatic carbocycles. The Kier molecular flexibility index (Phi) is 2.31. The Morgan fingerprint density at radius 2 is 1.14 bits per heavy atom. The van der Waals surface area contributed by atoms with Crippen molar-refractivity contribution in [3.05, 3.63) is 0 Å². The average Bonchev–Trinajstić information content (AvgIpc) is 2.63. The quantitative estimate of drug-likeness (QED) is 0.651. The second-order valence-corrected chi connectivity index (χ2v) is 14.0. The summed E-state index contributed by atoms with van der Waals surface area (Å²) >= 11 is 0. The number of halogens is 3. The van der Waals surface area contributed by atoms with Gasteiger partial charge >= 0.3 is 6.18 Å². The molecule has 0 aromatic carbocycles. The smallest absolute Gasteiger partial charge is 0.389 e. The van der Waals surface area contributed by atoms with Crippen LogP contribution in [0, 0.1) is 75.4 Å².